The van der Waals surface area contributed by atoms with Crippen LogP contribution in [0, 0.1) is 17.6 Å². The third-order valence-electron chi connectivity index (χ3n) is 6.32. The number of rotatable bonds is 7. The van der Waals surface area contributed by atoms with Crippen LogP contribution in [-0.2, 0) is 17.9 Å². The Hall–Kier alpha value is -4.03. The van der Waals surface area contributed by atoms with Crippen molar-refractivity contribution in [3.8, 4) is 11.1 Å². The average molecular weight is 552 g/mol. The molecular weight excluding hydrogens is 525 g/mol. The van der Waals surface area contributed by atoms with Crippen LogP contribution in [0.4, 0.5) is 27.9 Å². The highest BCUT2D eigenvalue weighted by Crippen LogP contribution is 2.32. The van der Waals surface area contributed by atoms with Crippen molar-refractivity contribution in [1.29, 1.82) is 0 Å². The van der Waals surface area contributed by atoms with Crippen LogP contribution in [-0.4, -0.2) is 50.8 Å². The summed E-state index contributed by atoms with van der Waals surface area (Å²) in [6.07, 6.45) is 5.16. The molecule has 3 aromatic rings. The SMILES string of the molecule is O=C(NCc1ccc(F)c(F)c1)c1cc(-c2cnc(N3CCCC3)nc2)cn1CC1CC1.O=C(O)C(F)(F)F. The lowest BCUT2D eigenvalue weighted by molar-refractivity contribution is -0.192. The molecule has 208 valence electrons. The molecule has 2 aliphatic rings. The molecule has 2 fully saturated rings. The van der Waals surface area contributed by atoms with E-state index in [0.29, 0.717) is 17.2 Å². The second-order valence-corrected chi connectivity index (χ2v) is 9.41. The van der Waals surface area contributed by atoms with Gasteiger partial charge in [0.2, 0.25) is 5.95 Å². The Balaban J connectivity index is 0.000000448. The van der Waals surface area contributed by atoms with Crippen LogP contribution < -0.4 is 10.2 Å². The van der Waals surface area contributed by atoms with E-state index in [4.69, 9.17) is 9.90 Å². The van der Waals surface area contributed by atoms with Crippen molar-refractivity contribution in [3.63, 3.8) is 0 Å². The summed E-state index contributed by atoms with van der Waals surface area (Å²) in [6, 6.07) is 5.48. The molecule has 1 aliphatic heterocycles. The molecular formula is C26H26F5N5O3. The van der Waals surface area contributed by atoms with Gasteiger partial charge in [-0.1, -0.05) is 6.07 Å². The van der Waals surface area contributed by atoms with Crippen LogP contribution in [0.1, 0.15) is 41.7 Å². The molecule has 5 rings (SSSR count). The number of halogens is 5. The number of aliphatic carboxylic acids is 1. The number of nitrogens with one attached hydrogen (secondary N) is 1. The first-order chi connectivity index (χ1) is 18.5. The van der Waals surface area contributed by atoms with Gasteiger partial charge in [0.25, 0.3) is 5.91 Å². The molecule has 0 bridgehead atoms. The normalized spacial score (nSPS) is 15.1. The predicted octanol–water partition coefficient (Wildman–Crippen LogP) is 4.80. The lowest BCUT2D eigenvalue weighted by Gasteiger charge is -2.14. The van der Waals surface area contributed by atoms with E-state index in [2.05, 4.69) is 20.2 Å². The molecule has 8 nitrogen and oxygen atoms in total. The van der Waals surface area contributed by atoms with E-state index < -0.39 is 23.8 Å². The molecule has 0 radical (unpaired) electrons. The quantitative estimate of drug-likeness (QED) is 0.410. The number of hydrogen-bond donors (Lipinski definition) is 2. The number of aromatic nitrogens is 3. The maximum Gasteiger partial charge on any atom is 0.490 e. The van der Waals surface area contributed by atoms with Gasteiger partial charge in [0.1, 0.15) is 5.69 Å². The standard InChI is InChI=1S/C24H25F2N5O.C2HF3O2/c25-20-6-5-17(9-21(20)26)11-27-23(32)22-10-18(15-31(22)14-16-3-4-16)19-12-28-24(29-13-19)30-7-1-2-8-30;3-2(4,5)1(6)7/h5-6,9-10,12-13,15-16H,1-4,7-8,11,14H2,(H,27,32);(H,6,7). The van der Waals surface area contributed by atoms with Gasteiger partial charge in [-0.05, 0) is 55.4 Å². The number of carbonyl (C=O) groups is 2. The van der Waals surface area contributed by atoms with Crippen LogP contribution in [0.5, 0.6) is 0 Å². The van der Waals surface area contributed by atoms with E-state index >= 15 is 0 Å². The molecule has 2 N–H and O–H groups in total. The van der Waals surface area contributed by atoms with Crippen LogP contribution in [0.2, 0.25) is 0 Å². The van der Waals surface area contributed by atoms with Crippen molar-refractivity contribution in [2.45, 2.75) is 44.9 Å². The highest BCUT2D eigenvalue weighted by atomic mass is 19.4. The van der Waals surface area contributed by atoms with Crippen molar-refractivity contribution < 1.29 is 36.6 Å². The van der Waals surface area contributed by atoms with Gasteiger partial charge in [-0.2, -0.15) is 13.2 Å². The summed E-state index contributed by atoms with van der Waals surface area (Å²) in [6.45, 7) is 2.87. The lowest BCUT2D eigenvalue weighted by atomic mass is 10.2. The third kappa shape index (κ3) is 7.52. The first-order valence-corrected chi connectivity index (χ1v) is 12.3. The molecule has 1 aliphatic carbocycles. The highest BCUT2D eigenvalue weighted by molar-refractivity contribution is 5.94. The number of nitrogens with zero attached hydrogens (tertiary/aromatic N) is 4. The number of benzene rings is 1. The fourth-order valence-electron chi connectivity index (χ4n) is 4.06. The summed E-state index contributed by atoms with van der Waals surface area (Å²) in [7, 11) is 0. The molecule has 13 heteroatoms. The van der Waals surface area contributed by atoms with E-state index in [1.807, 2.05) is 16.8 Å². The van der Waals surface area contributed by atoms with Gasteiger partial charge in [0.15, 0.2) is 11.6 Å². The van der Waals surface area contributed by atoms with E-state index in [-0.39, 0.29) is 12.5 Å². The molecule has 1 aromatic carbocycles. The van der Waals surface area contributed by atoms with Gasteiger partial charge in [-0.3, -0.25) is 4.79 Å². The summed E-state index contributed by atoms with van der Waals surface area (Å²) >= 11 is 0. The van der Waals surface area contributed by atoms with Gasteiger partial charge in [-0.15, -0.1) is 0 Å². The number of amides is 1. The van der Waals surface area contributed by atoms with Crippen molar-refractivity contribution in [1.82, 2.24) is 19.9 Å². The molecule has 1 saturated heterocycles. The first kappa shape index (κ1) is 28.0. The number of anilines is 1. The van der Waals surface area contributed by atoms with Crippen molar-refractivity contribution >= 4 is 17.8 Å². The third-order valence-corrected chi connectivity index (χ3v) is 6.32. The van der Waals surface area contributed by atoms with Gasteiger partial charge in [0, 0.05) is 55.9 Å². The van der Waals surface area contributed by atoms with Crippen molar-refractivity contribution in [2.24, 2.45) is 5.92 Å². The fraction of sp³-hybridized carbons (Fsp3) is 0.385. The number of alkyl halides is 3. The minimum Gasteiger partial charge on any atom is -0.475 e. The molecule has 1 amide bonds. The van der Waals surface area contributed by atoms with E-state index in [1.165, 1.54) is 6.07 Å². The Labute approximate surface area is 220 Å². The molecule has 0 unspecified atom stereocenters. The highest BCUT2D eigenvalue weighted by Gasteiger charge is 2.38. The first-order valence-electron chi connectivity index (χ1n) is 12.3. The Morgan fingerprint density at radius 3 is 2.21 bits per heavy atom. The number of carboxylic acid groups (broad SMARTS) is 1. The summed E-state index contributed by atoms with van der Waals surface area (Å²) in [5.41, 5.74) is 2.79. The fourth-order valence-corrected chi connectivity index (χ4v) is 4.06. The van der Waals surface area contributed by atoms with Gasteiger partial charge in [0.05, 0.1) is 0 Å². The minimum absolute atomic E-state index is 0.119. The van der Waals surface area contributed by atoms with E-state index in [0.717, 1.165) is 74.5 Å². The molecule has 0 atom stereocenters. The summed E-state index contributed by atoms with van der Waals surface area (Å²) in [5, 5.41) is 9.95. The van der Waals surface area contributed by atoms with Crippen LogP contribution in [0.3, 0.4) is 0 Å². The van der Waals surface area contributed by atoms with Gasteiger partial charge < -0.3 is 19.9 Å². The molecule has 0 spiro atoms. The molecule has 39 heavy (non-hydrogen) atoms. The monoisotopic (exact) mass is 551 g/mol. The van der Waals surface area contributed by atoms with Crippen molar-refractivity contribution in [3.05, 3.63) is 65.7 Å². The topological polar surface area (TPSA) is 100 Å². The maximum atomic E-state index is 13.5. The van der Waals surface area contributed by atoms with Crippen LogP contribution in [0.25, 0.3) is 11.1 Å². The Kier molecular flexibility index (Phi) is 8.46. The molecule has 3 heterocycles. The van der Waals surface area contributed by atoms with E-state index in [1.54, 1.807) is 12.4 Å². The van der Waals surface area contributed by atoms with Crippen LogP contribution >= 0.6 is 0 Å². The van der Waals surface area contributed by atoms with Gasteiger partial charge >= 0.3 is 12.1 Å². The Morgan fingerprint density at radius 2 is 1.64 bits per heavy atom. The summed E-state index contributed by atoms with van der Waals surface area (Å²) in [5.74, 6) is -3.51. The van der Waals surface area contributed by atoms with E-state index in [9.17, 15) is 26.7 Å². The largest absolute Gasteiger partial charge is 0.490 e. The number of carboxylic acids is 1. The maximum absolute atomic E-state index is 13.5. The second-order valence-electron chi connectivity index (χ2n) is 9.41. The smallest absolute Gasteiger partial charge is 0.475 e. The minimum atomic E-state index is -5.08. The summed E-state index contributed by atoms with van der Waals surface area (Å²) < 4.78 is 60.3. The Bertz CT molecular complexity index is 1320. The Morgan fingerprint density at radius 1 is 1.00 bits per heavy atom. The zero-order chi connectivity index (χ0) is 28.2. The number of hydrogen-bond acceptors (Lipinski definition) is 5. The average Bonchev–Trinajstić information content (AvgIpc) is 3.36. The zero-order valence-corrected chi connectivity index (χ0v) is 20.7. The second kappa shape index (κ2) is 11.8. The lowest BCUT2D eigenvalue weighted by Crippen LogP contribution is -2.25. The zero-order valence-electron chi connectivity index (χ0n) is 20.7. The summed E-state index contributed by atoms with van der Waals surface area (Å²) in [4.78, 5) is 33.1. The number of carbonyl (C=O) groups excluding carboxylic acids is 1. The predicted molar refractivity (Wildman–Crippen MR) is 131 cm³/mol. The molecule has 2 aromatic heterocycles. The van der Waals surface area contributed by atoms with Gasteiger partial charge in [-0.25, -0.2) is 23.5 Å². The molecule has 1 saturated carbocycles. The van der Waals surface area contributed by atoms with Crippen molar-refractivity contribution in [2.75, 3.05) is 18.0 Å². The van der Waals surface area contributed by atoms with Crippen LogP contribution in [0.15, 0.2) is 42.9 Å².